The third kappa shape index (κ3) is 3.49. The van der Waals surface area contributed by atoms with E-state index in [4.69, 9.17) is 0 Å². The van der Waals surface area contributed by atoms with Crippen LogP contribution in [-0.4, -0.2) is 23.0 Å². The van der Waals surface area contributed by atoms with E-state index in [9.17, 15) is 9.59 Å². The Kier molecular flexibility index (Phi) is 4.23. The van der Waals surface area contributed by atoms with Crippen molar-refractivity contribution in [3.63, 3.8) is 0 Å². The molecule has 0 spiro atoms. The standard InChI is InChI=1S/C20H18N4O2/c25-19(13-5-6-13)23-16-9-7-14(8-10-16)20(26)24-22-12-15-11-21-18-4-2-1-3-17(15)18/h1-4,7-13,21H,5-6H2,(H,23,25)(H,24,26)/b22-12+. The quantitative estimate of drug-likeness (QED) is 0.489. The van der Waals surface area contributed by atoms with Gasteiger partial charge in [0, 0.05) is 39.8 Å². The number of para-hydroxylation sites is 1. The second-order valence-corrected chi connectivity index (χ2v) is 6.33. The number of nitrogens with zero attached hydrogens (tertiary/aromatic N) is 1. The number of H-pyrrole nitrogens is 1. The lowest BCUT2D eigenvalue weighted by molar-refractivity contribution is -0.117. The number of benzene rings is 2. The highest BCUT2D eigenvalue weighted by Crippen LogP contribution is 2.30. The van der Waals surface area contributed by atoms with Crippen LogP contribution in [0.1, 0.15) is 28.8 Å². The van der Waals surface area contributed by atoms with Gasteiger partial charge in [0.25, 0.3) is 5.91 Å². The van der Waals surface area contributed by atoms with Gasteiger partial charge in [-0.15, -0.1) is 0 Å². The number of hydrogen-bond acceptors (Lipinski definition) is 3. The number of nitrogens with one attached hydrogen (secondary N) is 3. The molecule has 1 aliphatic carbocycles. The second kappa shape index (κ2) is 6.84. The zero-order chi connectivity index (χ0) is 17.9. The Morgan fingerprint density at radius 3 is 2.62 bits per heavy atom. The number of hydrazone groups is 1. The highest BCUT2D eigenvalue weighted by Gasteiger charge is 2.29. The number of aromatic amines is 1. The van der Waals surface area contributed by atoms with E-state index in [1.165, 1.54) is 0 Å². The Morgan fingerprint density at radius 2 is 1.85 bits per heavy atom. The van der Waals surface area contributed by atoms with Gasteiger partial charge in [-0.2, -0.15) is 5.10 Å². The molecule has 2 aromatic carbocycles. The van der Waals surface area contributed by atoms with Gasteiger partial charge in [-0.3, -0.25) is 9.59 Å². The molecule has 1 saturated carbocycles. The molecule has 130 valence electrons. The van der Waals surface area contributed by atoms with Gasteiger partial charge in [0.05, 0.1) is 6.21 Å². The molecule has 0 aliphatic heterocycles. The molecule has 3 aromatic rings. The minimum Gasteiger partial charge on any atom is -0.361 e. The summed E-state index contributed by atoms with van der Waals surface area (Å²) in [6.07, 6.45) is 5.38. The van der Waals surface area contributed by atoms with E-state index >= 15 is 0 Å². The third-order valence-electron chi connectivity index (χ3n) is 4.35. The van der Waals surface area contributed by atoms with Gasteiger partial charge in [0.15, 0.2) is 0 Å². The van der Waals surface area contributed by atoms with Crippen LogP contribution in [0.4, 0.5) is 5.69 Å². The van der Waals surface area contributed by atoms with Crippen LogP contribution in [0, 0.1) is 5.92 Å². The van der Waals surface area contributed by atoms with Gasteiger partial charge >= 0.3 is 0 Å². The fraction of sp³-hybridized carbons (Fsp3) is 0.150. The Hall–Kier alpha value is -3.41. The van der Waals surface area contributed by atoms with Crippen molar-refractivity contribution in [2.24, 2.45) is 11.0 Å². The van der Waals surface area contributed by atoms with Crippen LogP contribution in [0.15, 0.2) is 59.8 Å². The summed E-state index contributed by atoms with van der Waals surface area (Å²) in [4.78, 5) is 27.1. The molecule has 2 amide bonds. The minimum absolute atomic E-state index is 0.0468. The van der Waals surface area contributed by atoms with Crippen LogP contribution in [0.3, 0.4) is 0 Å². The number of hydrogen-bond donors (Lipinski definition) is 3. The molecule has 1 aromatic heterocycles. The van der Waals surface area contributed by atoms with Gasteiger partial charge in [-0.05, 0) is 43.2 Å². The van der Waals surface area contributed by atoms with Gasteiger partial charge in [0.2, 0.25) is 5.91 Å². The normalized spacial score (nSPS) is 13.8. The summed E-state index contributed by atoms with van der Waals surface area (Å²) < 4.78 is 0. The number of anilines is 1. The predicted octanol–water partition coefficient (Wildman–Crippen LogP) is 3.28. The number of carbonyl (C=O) groups is 2. The Morgan fingerprint density at radius 1 is 1.08 bits per heavy atom. The molecule has 1 fully saturated rings. The fourth-order valence-electron chi connectivity index (χ4n) is 2.72. The molecule has 4 rings (SSSR count). The van der Waals surface area contributed by atoms with Crippen molar-refractivity contribution >= 4 is 34.6 Å². The molecule has 6 heteroatoms. The average molecular weight is 346 g/mol. The zero-order valence-corrected chi connectivity index (χ0v) is 14.0. The Balaban J connectivity index is 1.37. The summed E-state index contributed by atoms with van der Waals surface area (Å²) in [6, 6.07) is 14.7. The molecule has 0 unspecified atom stereocenters. The molecule has 0 atom stereocenters. The summed E-state index contributed by atoms with van der Waals surface area (Å²) in [5, 5.41) is 7.92. The Bertz CT molecular complexity index is 984. The van der Waals surface area contributed by atoms with E-state index in [1.54, 1.807) is 30.5 Å². The number of fused-ring (bicyclic) bond motifs is 1. The molecule has 0 bridgehead atoms. The van der Waals surface area contributed by atoms with Crippen molar-refractivity contribution in [2.75, 3.05) is 5.32 Å². The first-order valence-corrected chi connectivity index (χ1v) is 8.51. The van der Waals surface area contributed by atoms with Crippen molar-refractivity contribution in [3.05, 3.63) is 65.9 Å². The first-order valence-electron chi connectivity index (χ1n) is 8.51. The molecule has 0 radical (unpaired) electrons. The van der Waals surface area contributed by atoms with Crippen molar-refractivity contribution in [1.29, 1.82) is 0 Å². The molecular formula is C20H18N4O2. The largest absolute Gasteiger partial charge is 0.361 e. The summed E-state index contributed by atoms with van der Waals surface area (Å²) in [6.45, 7) is 0. The van der Waals surface area contributed by atoms with Gasteiger partial charge < -0.3 is 10.3 Å². The molecule has 0 saturated heterocycles. The average Bonchev–Trinajstić information content (AvgIpc) is 3.44. The summed E-state index contributed by atoms with van der Waals surface area (Å²) in [5.74, 6) is -0.108. The maximum Gasteiger partial charge on any atom is 0.271 e. The minimum atomic E-state index is -0.304. The highest BCUT2D eigenvalue weighted by molar-refractivity contribution is 6.00. The van der Waals surface area contributed by atoms with Crippen LogP contribution in [-0.2, 0) is 4.79 Å². The lowest BCUT2D eigenvalue weighted by atomic mass is 10.2. The van der Waals surface area contributed by atoms with Crippen LogP contribution < -0.4 is 10.7 Å². The van der Waals surface area contributed by atoms with E-state index in [0.29, 0.717) is 11.3 Å². The van der Waals surface area contributed by atoms with Crippen molar-refractivity contribution in [2.45, 2.75) is 12.8 Å². The highest BCUT2D eigenvalue weighted by atomic mass is 16.2. The van der Waals surface area contributed by atoms with Gasteiger partial charge in [0.1, 0.15) is 0 Å². The summed E-state index contributed by atoms with van der Waals surface area (Å²) in [5.41, 5.74) is 5.61. The first-order chi connectivity index (χ1) is 12.7. The van der Waals surface area contributed by atoms with Crippen LogP contribution in [0.2, 0.25) is 0 Å². The number of amides is 2. The molecular weight excluding hydrogens is 328 g/mol. The topological polar surface area (TPSA) is 86.3 Å². The molecule has 26 heavy (non-hydrogen) atoms. The van der Waals surface area contributed by atoms with Crippen LogP contribution in [0.5, 0.6) is 0 Å². The third-order valence-corrected chi connectivity index (χ3v) is 4.35. The molecule has 3 N–H and O–H groups in total. The van der Waals surface area contributed by atoms with E-state index in [1.807, 2.05) is 30.5 Å². The van der Waals surface area contributed by atoms with Crippen molar-refractivity contribution in [3.8, 4) is 0 Å². The van der Waals surface area contributed by atoms with E-state index in [-0.39, 0.29) is 17.7 Å². The maximum atomic E-state index is 12.2. The SMILES string of the molecule is O=C(N/N=C/c1c[nH]c2ccccc12)c1ccc(NC(=O)C2CC2)cc1. The van der Waals surface area contributed by atoms with Crippen molar-refractivity contribution < 1.29 is 9.59 Å². The smallest absolute Gasteiger partial charge is 0.271 e. The second-order valence-electron chi connectivity index (χ2n) is 6.33. The first kappa shape index (κ1) is 16.1. The molecule has 6 nitrogen and oxygen atoms in total. The fourth-order valence-corrected chi connectivity index (χ4v) is 2.72. The lowest BCUT2D eigenvalue weighted by Gasteiger charge is -2.05. The van der Waals surface area contributed by atoms with Crippen LogP contribution >= 0.6 is 0 Å². The lowest BCUT2D eigenvalue weighted by Crippen LogP contribution is -2.18. The molecule has 1 aliphatic rings. The number of aromatic nitrogens is 1. The van der Waals surface area contributed by atoms with Gasteiger partial charge in [-0.1, -0.05) is 18.2 Å². The van der Waals surface area contributed by atoms with Crippen molar-refractivity contribution in [1.82, 2.24) is 10.4 Å². The van der Waals surface area contributed by atoms with E-state index < -0.39 is 0 Å². The predicted molar refractivity (Wildman–Crippen MR) is 101 cm³/mol. The summed E-state index contributed by atoms with van der Waals surface area (Å²) in [7, 11) is 0. The summed E-state index contributed by atoms with van der Waals surface area (Å²) >= 11 is 0. The van der Waals surface area contributed by atoms with E-state index in [0.717, 1.165) is 29.3 Å². The zero-order valence-electron chi connectivity index (χ0n) is 14.0. The monoisotopic (exact) mass is 346 g/mol. The number of rotatable bonds is 5. The van der Waals surface area contributed by atoms with E-state index in [2.05, 4.69) is 20.8 Å². The van der Waals surface area contributed by atoms with Crippen LogP contribution in [0.25, 0.3) is 10.9 Å². The maximum absolute atomic E-state index is 12.2. The molecule has 1 heterocycles. The van der Waals surface area contributed by atoms with Gasteiger partial charge in [-0.25, -0.2) is 5.43 Å². The Labute approximate surface area is 150 Å². The number of carbonyl (C=O) groups excluding carboxylic acids is 2.